The van der Waals surface area contributed by atoms with Gasteiger partial charge in [0.15, 0.2) is 5.82 Å². The number of fused-ring (bicyclic) bond motifs is 1. The summed E-state index contributed by atoms with van der Waals surface area (Å²) in [6.45, 7) is 4.45. The first-order valence-corrected chi connectivity index (χ1v) is 6.51. The van der Waals surface area contributed by atoms with Gasteiger partial charge in [-0.15, -0.1) is 0 Å². The number of benzene rings is 1. The van der Waals surface area contributed by atoms with Crippen LogP contribution in [0, 0.1) is 0 Å². The lowest BCUT2D eigenvalue weighted by Crippen LogP contribution is -1.89. The van der Waals surface area contributed by atoms with Gasteiger partial charge in [0.1, 0.15) is 6.33 Å². The maximum absolute atomic E-state index is 4.37. The summed E-state index contributed by atoms with van der Waals surface area (Å²) in [7, 11) is 3.98. The summed E-state index contributed by atoms with van der Waals surface area (Å²) in [5, 5.41) is 5.66. The van der Waals surface area contributed by atoms with Gasteiger partial charge >= 0.3 is 0 Å². The quantitative estimate of drug-likeness (QED) is 0.704. The molecule has 0 N–H and O–H groups in total. The van der Waals surface area contributed by atoms with Crippen molar-refractivity contribution in [1.29, 1.82) is 0 Å². The van der Waals surface area contributed by atoms with Gasteiger partial charge in [0, 0.05) is 36.8 Å². The van der Waals surface area contributed by atoms with Crippen LogP contribution in [0.2, 0.25) is 0 Å². The molecule has 0 saturated carbocycles. The molecular weight excluding hydrogens is 236 g/mol. The van der Waals surface area contributed by atoms with Crippen LogP contribution in [0.3, 0.4) is 0 Å². The zero-order chi connectivity index (χ0) is 13.6. The van der Waals surface area contributed by atoms with E-state index in [9.17, 15) is 0 Å². The lowest BCUT2D eigenvalue weighted by molar-refractivity contribution is 0.768. The largest absolute Gasteiger partial charge is 0.350 e. The van der Waals surface area contributed by atoms with Crippen molar-refractivity contribution in [2.24, 2.45) is 14.1 Å². The predicted octanol–water partition coefficient (Wildman–Crippen LogP) is 3.10. The molecule has 0 spiro atoms. The van der Waals surface area contributed by atoms with Crippen molar-refractivity contribution in [3.63, 3.8) is 0 Å². The molecule has 0 aliphatic rings. The average Bonchev–Trinajstić information content (AvgIpc) is 2.94. The molecule has 0 radical (unpaired) electrons. The van der Waals surface area contributed by atoms with E-state index in [2.05, 4.69) is 59.9 Å². The molecule has 1 aromatic carbocycles. The maximum atomic E-state index is 4.37. The Hall–Kier alpha value is -2.10. The van der Waals surface area contributed by atoms with Crippen molar-refractivity contribution in [2.75, 3.05) is 0 Å². The lowest BCUT2D eigenvalue weighted by Gasteiger charge is -2.03. The molecule has 0 aliphatic heterocycles. The molecule has 4 heteroatoms. The number of hydrogen-bond donors (Lipinski definition) is 0. The minimum Gasteiger partial charge on any atom is -0.350 e. The highest BCUT2D eigenvalue weighted by Crippen LogP contribution is 2.30. The third-order valence-corrected chi connectivity index (χ3v) is 3.50. The minimum absolute atomic E-state index is 0.510. The second kappa shape index (κ2) is 4.23. The van der Waals surface area contributed by atoms with Crippen LogP contribution in [-0.2, 0) is 14.1 Å². The zero-order valence-electron chi connectivity index (χ0n) is 11.8. The van der Waals surface area contributed by atoms with Crippen LogP contribution < -0.4 is 0 Å². The molecule has 0 unspecified atom stereocenters. The van der Waals surface area contributed by atoms with E-state index >= 15 is 0 Å². The van der Waals surface area contributed by atoms with Crippen molar-refractivity contribution < 1.29 is 0 Å². The lowest BCUT2D eigenvalue weighted by atomic mass is 10.0. The van der Waals surface area contributed by atoms with Crippen LogP contribution in [0.5, 0.6) is 0 Å². The predicted molar refractivity (Wildman–Crippen MR) is 77.0 cm³/mol. The summed E-state index contributed by atoms with van der Waals surface area (Å²) in [4.78, 5) is 4.32. The molecule has 2 heterocycles. The molecule has 0 amide bonds. The topological polar surface area (TPSA) is 35.6 Å². The molecular formula is C15H18N4. The van der Waals surface area contributed by atoms with E-state index in [0.29, 0.717) is 5.92 Å². The highest BCUT2D eigenvalue weighted by Gasteiger charge is 2.12. The van der Waals surface area contributed by atoms with Gasteiger partial charge in [0.25, 0.3) is 0 Å². The second-order valence-electron chi connectivity index (χ2n) is 5.32. The fourth-order valence-electron chi connectivity index (χ4n) is 2.49. The standard InChI is InChI=1S/C15H18N4/c1-10(2)13-8-18(3)14-6-5-11(7-12(13)14)15-16-9-19(4)17-15/h5-10H,1-4H3. The second-order valence-corrected chi connectivity index (χ2v) is 5.32. The van der Waals surface area contributed by atoms with E-state index in [-0.39, 0.29) is 0 Å². The fraction of sp³-hybridized carbons (Fsp3) is 0.333. The van der Waals surface area contributed by atoms with Crippen molar-refractivity contribution in [3.05, 3.63) is 36.3 Å². The SMILES string of the molecule is CC(C)c1cn(C)c2ccc(-c3ncn(C)n3)cc12. The van der Waals surface area contributed by atoms with Gasteiger partial charge in [-0.2, -0.15) is 5.10 Å². The van der Waals surface area contributed by atoms with Gasteiger partial charge in [-0.25, -0.2) is 4.98 Å². The molecule has 0 atom stereocenters. The number of aryl methyl sites for hydroxylation is 2. The van der Waals surface area contributed by atoms with Gasteiger partial charge in [-0.1, -0.05) is 13.8 Å². The van der Waals surface area contributed by atoms with Gasteiger partial charge in [0.05, 0.1) is 0 Å². The zero-order valence-corrected chi connectivity index (χ0v) is 11.8. The Morgan fingerprint density at radius 2 is 1.95 bits per heavy atom. The molecule has 98 valence electrons. The Morgan fingerprint density at radius 3 is 2.58 bits per heavy atom. The van der Waals surface area contributed by atoms with Crippen molar-refractivity contribution in [1.82, 2.24) is 19.3 Å². The Kier molecular flexibility index (Phi) is 2.66. The van der Waals surface area contributed by atoms with Crippen LogP contribution in [0.1, 0.15) is 25.3 Å². The van der Waals surface area contributed by atoms with E-state index in [1.807, 2.05) is 7.05 Å². The average molecular weight is 254 g/mol. The molecule has 3 rings (SSSR count). The molecule has 0 bridgehead atoms. The van der Waals surface area contributed by atoms with Gasteiger partial charge in [-0.3, -0.25) is 4.68 Å². The summed E-state index contributed by atoms with van der Waals surface area (Å²) in [5.41, 5.74) is 3.69. The van der Waals surface area contributed by atoms with E-state index in [4.69, 9.17) is 0 Å². The molecule has 2 aromatic heterocycles. The van der Waals surface area contributed by atoms with Crippen LogP contribution in [0.4, 0.5) is 0 Å². The first kappa shape index (κ1) is 12.0. The van der Waals surface area contributed by atoms with Crippen molar-refractivity contribution >= 4 is 10.9 Å². The van der Waals surface area contributed by atoms with E-state index in [1.54, 1.807) is 11.0 Å². The monoisotopic (exact) mass is 254 g/mol. The summed E-state index contributed by atoms with van der Waals surface area (Å²) in [5.74, 6) is 1.29. The normalized spacial score (nSPS) is 11.6. The van der Waals surface area contributed by atoms with Crippen molar-refractivity contribution in [2.45, 2.75) is 19.8 Å². The third-order valence-electron chi connectivity index (χ3n) is 3.50. The number of aromatic nitrogens is 4. The first-order valence-electron chi connectivity index (χ1n) is 6.51. The number of hydrogen-bond acceptors (Lipinski definition) is 2. The molecule has 0 fully saturated rings. The Bertz CT molecular complexity index is 734. The molecule has 19 heavy (non-hydrogen) atoms. The van der Waals surface area contributed by atoms with Gasteiger partial charge < -0.3 is 4.57 Å². The maximum Gasteiger partial charge on any atom is 0.181 e. The smallest absolute Gasteiger partial charge is 0.181 e. The van der Waals surface area contributed by atoms with E-state index in [1.165, 1.54) is 16.5 Å². The first-order chi connectivity index (χ1) is 9.06. The molecule has 0 saturated heterocycles. The van der Waals surface area contributed by atoms with E-state index < -0.39 is 0 Å². The molecule has 4 nitrogen and oxygen atoms in total. The summed E-state index contributed by atoms with van der Waals surface area (Å²) in [6, 6.07) is 6.43. The number of rotatable bonds is 2. The van der Waals surface area contributed by atoms with Crippen LogP contribution in [0.25, 0.3) is 22.3 Å². The van der Waals surface area contributed by atoms with Gasteiger partial charge in [0.2, 0.25) is 0 Å². The van der Waals surface area contributed by atoms with Crippen molar-refractivity contribution in [3.8, 4) is 11.4 Å². The highest BCUT2D eigenvalue weighted by atomic mass is 15.3. The highest BCUT2D eigenvalue weighted by molar-refractivity contribution is 5.88. The number of nitrogens with zero attached hydrogens (tertiary/aromatic N) is 4. The van der Waals surface area contributed by atoms with E-state index in [0.717, 1.165) is 11.4 Å². The third kappa shape index (κ3) is 1.93. The summed E-state index contributed by atoms with van der Waals surface area (Å²) >= 11 is 0. The molecule has 0 aliphatic carbocycles. The Balaban J connectivity index is 2.22. The molecule has 3 aromatic rings. The van der Waals surface area contributed by atoms with Gasteiger partial charge in [-0.05, 0) is 29.7 Å². The Labute approximate surface area is 112 Å². The summed E-state index contributed by atoms with van der Waals surface area (Å²) < 4.78 is 3.91. The fourth-order valence-corrected chi connectivity index (χ4v) is 2.49. The minimum atomic E-state index is 0.510. The summed E-state index contributed by atoms with van der Waals surface area (Å²) in [6.07, 6.45) is 3.94. The van der Waals surface area contributed by atoms with Crippen LogP contribution in [-0.4, -0.2) is 19.3 Å². The van der Waals surface area contributed by atoms with Crippen LogP contribution >= 0.6 is 0 Å². The Morgan fingerprint density at radius 1 is 1.16 bits per heavy atom. The van der Waals surface area contributed by atoms with Crippen LogP contribution in [0.15, 0.2) is 30.7 Å².